The molecule has 0 atom stereocenters. The second-order valence-corrected chi connectivity index (χ2v) is 11.1. The van der Waals surface area contributed by atoms with Gasteiger partial charge in [0.1, 0.15) is 0 Å². The van der Waals surface area contributed by atoms with Gasteiger partial charge >= 0.3 is 0 Å². The number of rotatable bonds is 10. The first-order chi connectivity index (χ1) is 17.6. The van der Waals surface area contributed by atoms with Crippen LogP contribution in [-0.4, -0.2) is 0 Å². The summed E-state index contributed by atoms with van der Waals surface area (Å²) in [5.74, 6) is 0. The molecule has 0 spiro atoms. The van der Waals surface area contributed by atoms with Crippen molar-refractivity contribution in [3.63, 3.8) is 0 Å². The third kappa shape index (κ3) is 5.09. The van der Waals surface area contributed by atoms with Crippen LogP contribution in [0.1, 0.15) is 76.3 Å². The fourth-order valence-corrected chi connectivity index (χ4v) is 6.28. The van der Waals surface area contributed by atoms with Gasteiger partial charge in [-0.3, -0.25) is 0 Å². The first-order valence-corrected chi connectivity index (χ1v) is 14.5. The van der Waals surface area contributed by atoms with E-state index in [0.717, 1.165) is 44.4 Å². The van der Waals surface area contributed by atoms with Crippen LogP contribution < -0.4 is 0 Å². The van der Waals surface area contributed by atoms with Gasteiger partial charge in [-0.2, -0.15) is 0 Å². The molecule has 0 nitrogen and oxygen atoms in total. The topological polar surface area (TPSA) is 0 Å². The predicted octanol–water partition coefficient (Wildman–Crippen LogP) is 11.9. The molecule has 0 heterocycles. The van der Waals surface area contributed by atoms with Crippen LogP contribution in [0.2, 0.25) is 10.0 Å². The van der Waals surface area contributed by atoms with Crippen LogP contribution >= 0.6 is 23.2 Å². The van der Waals surface area contributed by atoms with Crippen LogP contribution in [0.25, 0.3) is 43.1 Å². The number of fused-ring (bicyclic) bond motifs is 4. The second kappa shape index (κ2) is 11.4. The van der Waals surface area contributed by atoms with Crippen molar-refractivity contribution in [3.8, 4) is 0 Å². The third-order valence-corrected chi connectivity index (χ3v) is 8.54. The molecule has 0 aliphatic carbocycles. The second-order valence-electron chi connectivity index (χ2n) is 10.4. The number of hydrogen-bond donors (Lipinski definition) is 0. The van der Waals surface area contributed by atoms with E-state index in [1.807, 2.05) is 0 Å². The Morgan fingerprint density at radius 1 is 0.472 bits per heavy atom. The van der Waals surface area contributed by atoms with Gasteiger partial charge in [-0.1, -0.05) is 112 Å². The molecule has 0 N–H and O–H groups in total. The summed E-state index contributed by atoms with van der Waals surface area (Å²) in [7, 11) is 0. The quantitative estimate of drug-likeness (QED) is 0.128. The summed E-state index contributed by atoms with van der Waals surface area (Å²) in [6, 6.07) is 22.2. The summed E-state index contributed by atoms with van der Waals surface area (Å²) in [4.78, 5) is 0. The lowest BCUT2D eigenvalue weighted by atomic mass is 9.91. The highest BCUT2D eigenvalue weighted by atomic mass is 35.5. The molecule has 0 unspecified atom stereocenters. The maximum atomic E-state index is 7.08. The monoisotopic (exact) mass is 514 g/mol. The number of aryl methyl sites for hydroxylation is 2. The molecule has 0 amide bonds. The van der Waals surface area contributed by atoms with E-state index < -0.39 is 0 Å². The van der Waals surface area contributed by atoms with E-state index in [1.165, 1.54) is 84.0 Å². The Kier molecular flexibility index (Phi) is 8.04. The number of hydrogen-bond acceptors (Lipinski definition) is 0. The molecule has 36 heavy (non-hydrogen) atoms. The van der Waals surface area contributed by atoms with Crippen LogP contribution in [0.4, 0.5) is 0 Å². The zero-order chi connectivity index (χ0) is 25.1. The molecule has 0 saturated heterocycles. The molecule has 0 radical (unpaired) electrons. The highest BCUT2D eigenvalue weighted by Gasteiger charge is 2.15. The van der Waals surface area contributed by atoms with Crippen molar-refractivity contribution in [1.82, 2.24) is 0 Å². The molecule has 5 aromatic carbocycles. The fourth-order valence-electron chi connectivity index (χ4n) is 5.65. The van der Waals surface area contributed by atoms with Crippen molar-refractivity contribution in [1.29, 1.82) is 0 Å². The summed E-state index contributed by atoms with van der Waals surface area (Å²) in [5.41, 5.74) is 3.03. The highest BCUT2D eigenvalue weighted by molar-refractivity contribution is 6.48. The Balaban J connectivity index is 1.65. The van der Waals surface area contributed by atoms with Gasteiger partial charge in [0.25, 0.3) is 0 Å². The van der Waals surface area contributed by atoms with Gasteiger partial charge < -0.3 is 0 Å². The molecule has 0 aliphatic rings. The minimum Gasteiger partial charge on any atom is -0.0830 e. The number of benzene rings is 5. The maximum Gasteiger partial charge on any atom is 0.0564 e. The van der Waals surface area contributed by atoms with Crippen LogP contribution in [0, 0.1) is 0 Å². The minimum absolute atomic E-state index is 0.796. The molecule has 0 aromatic heterocycles. The molecule has 0 saturated carbocycles. The fraction of sp³-hybridized carbons (Fsp3) is 0.353. The summed E-state index contributed by atoms with van der Waals surface area (Å²) < 4.78 is 0. The zero-order valence-electron chi connectivity index (χ0n) is 21.6. The largest absolute Gasteiger partial charge is 0.0830 e. The van der Waals surface area contributed by atoms with Crippen molar-refractivity contribution in [3.05, 3.63) is 81.8 Å². The van der Waals surface area contributed by atoms with Crippen molar-refractivity contribution in [2.45, 2.75) is 78.1 Å². The van der Waals surface area contributed by atoms with Crippen LogP contribution in [0.3, 0.4) is 0 Å². The lowest BCUT2D eigenvalue weighted by Crippen LogP contribution is -1.97. The van der Waals surface area contributed by atoms with Gasteiger partial charge in [0, 0.05) is 21.5 Å². The van der Waals surface area contributed by atoms with E-state index in [9.17, 15) is 0 Å². The van der Waals surface area contributed by atoms with Crippen LogP contribution in [0.15, 0.2) is 60.7 Å². The zero-order valence-corrected chi connectivity index (χ0v) is 23.1. The standard InChI is InChI=1S/C34H36Cl2/c1-3-5-7-9-13-23-17-27-21-31-32(22-28(27)18-24(23)14-10-8-6-4-2)34(36)30-20-26-16-12-11-15-25(26)19-29(30)33(31)35/h11-12,15-22H,3-10,13-14H2,1-2H3. The molecule has 0 fully saturated rings. The summed E-state index contributed by atoms with van der Waals surface area (Å²) in [6.07, 6.45) is 12.7. The van der Waals surface area contributed by atoms with Crippen LogP contribution in [-0.2, 0) is 12.8 Å². The van der Waals surface area contributed by atoms with Gasteiger partial charge in [-0.15, -0.1) is 0 Å². The molecular weight excluding hydrogens is 479 g/mol. The lowest BCUT2D eigenvalue weighted by Gasteiger charge is -2.15. The van der Waals surface area contributed by atoms with Gasteiger partial charge in [-0.25, -0.2) is 0 Å². The van der Waals surface area contributed by atoms with E-state index >= 15 is 0 Å². The number of unbranched alkanes of at least 4 members (excludes halogenated alkanes) is 6. The predicted molar refractivity (Wildman–Crippen MR) is 162 cm³/mol. The van der Waals surface area contributed by atoms with Crippen molar-refractivity contribution < 1.29 is 0 Å². The van der Waals surface area contributed by atoms with Gasteiger partial charge in [-0.05, 0) is 82.6 Å². The molecule has 186 valence electrons. The summed E-state index contributed by atoms with van der Waals surface area (Å²) in [6.45, 7) is 4.56. The summed E-state index contributed by atoms with van der Waals surface area (Å²) >= 11 is 14.2. The van der Waals surface area contributed by atoms with Crippen molar-refractivity contribution >= 4 is 66.3 Å². The van der Waals surface area contributed by atoms with E-state index in [-0.39, 0.29) is 0 Å². The average Bonchev–Trinajstić information content (AvgIpc) is 2.90. The van der Waals surface area contributed by atoms with Crippen LogP contribution in [0.5, 0.6) is 0 Å². The average molecular weight is 516 g/mol. The van der Waals surface area contributed by atoms with E-state index in [4.69, 9.17) is 23.2 Å². The SMILES string of the molecule is CCCCCCc1cc2cc3c(Cl)c4cc5ccccc5cc4c(Cl)c3cc2cc1CCCCCC. The summed E-state index contributed by atoms with van der Waals surface area (Å²) in [5, 5.41) is 10.6. The molecule has 2 heteroatoms. The van der Waals surface area contributed by atoms with E-state index in [1.54, 1.807) is 0 Å². The van der Waals surface area contributed by atoms with Gasteiger partial charge in [0.2, 0.25) is 0 Å². The van der Waals surface area contributed by atoms with Crippen molar-refractivity contribution in [2.75, 3.05) is 0 Å². The van der Waals surface area contributed by atoms with E-state index in [0.29, 0.717) is 0 Å². The first kappa shape index (κ1) is 25.4. The molecule has 5 rings (SSSR count). The Hall–Kier alpha value is -2.28. The van der Waals surface area contributed by atoms with Gasteiger partial charge in [0.05, 0.1) is 10.0 Å². The number of halogens is 2. The molecule has 0 aliphatic heterocycles. The Morgan fingerprint density at radius 3 is 1.25 bits per heavy atom. The smallest absolute Gasteiger partial charge is 0.0564 e. The third-order valence-electron chi connectivity index (χ3n) is 7.73. The van der Waals surface area contributed by atoms with Gasteiger partial charge in [0.15, 0.2) is 0 Å². The van der Waals surface area contributed by atoms with E-state index in [2.05, 4.69) is 74.5 Å². The molecule has 5 aromatic rings. The highest BCUT2D eigenvalue weighted by Crippen LogP contribution is 2.42. The Bertz CT molecular complexity index is 1410. The normalized spacial score (nSPS) is 11.9. The minimum atomic E-state index is 0.796. The Labute approximate surface area is 225 Å². The molecular formula is C34H36Cl2. The lowest BCUT2D eigenvalue weighted by molar-refractivity contribution is 0.651. The first-order valence-electron chi connectivity index (χ1n) is 13.8. The Morgan fingerprint density at radius 2 is 0.861 bits per heavy atom. The maximum absolute atomic E-state index is 7.08. The molecule has 0 bridgehead atoms. The van der Waals surface area contributed by atoms with Crippen molar-refractivity contribution in [2.24, 2.45) is 0 Å².